The summed E-state index contributed by atoms with van der Waals surface area (Å²) < 4.78 is 40.3. The first-order valence-corrected chi connectivity index (χ1v) is 6.62. The number of nitrogens with one attached hydrogen (secondary N) is 1. The zero-order valence-electron chi connectivity index (χ0n) is 10.5. The summed E-state index contributed by atoms with van der Waals surface area (Å²) in [5.74, 6) is 5.37. The van der Waals surface area contributed by atoms with Crippen molar-refractivity contribution in [1.29, 1.82) is 0 Å². The molecule has 0 amide bonds. The number of halogens is 5. The average Bonchev–Trinajstić information content (AvgIpc) is 2.35. The topological polar surface area (TPSA) is 47.3 Å². The van der Waals surface area contributed by atoms with Gasteiger partial charge in [0, 0.05) is 22.7 Å². The van der Waals surface area contributed by atoms with Crippen LogP contribution in [-0.4, -0.2) is 25.4 Å². The van der Waals surface area contributed by atoms with Gasteiger partial charge in [-0.15, -0.1) is 0 Å². The van der Waals surface area contributed by atoms with E-state index in [-0.39, 0.29) is 12.6 Å². The summed E-state index contributed by atoms with van der Waals surface area (Å²) in [6, 6.07) is 4.82. The van der Waals surface area contributed by atoms with Gasteiger partial charge in [-0.1, -0.05) is 29.3 Å². The molecular weight excluding hydrogens is 316 g/mol. The standard InChI is InChI=1S/C12H15Cl2F3N2O/c13-10-2-1-3-11(14)9(10)6-8(19-18)4-5-20-7-12(15,16)17/h1-3,8,19H,4-7,18H2. The Bertz CT molecular complexity index is 409. The molecule has 0 heterocycles. The van der Waals surface area contributed by atoms with E-state index < -0.39 is 12.8 Å². The molecule has 8 heteroatoms. The Hall–Kier alpha value is -0.530. The fourth-order valence-electron chi connectivity index (χ4n) is 1.63. The van der Waals surface area contributed by atoms with E-state index in [9.17, 15) is 13.2 Å². The van der Waals surface area contributed by atoms with Crippen LogP contribution < -0.4 is 11.3 Å². The summed E-state index contributed by atoms with van der Waals surface area (Å²) >= 11 is 12.0. The number of rotatable bonds is 7. The van der Waals surface area contributed by atoms with Crippen molar-refractivity contribution in [3.05, 3.63) is 33.8 Å². The second kappa shape index (κ2) is 8.05. The molecule has 3 nitrogen and oxygen atoms in total. The predicted octanol–water partition coefficient (Wildman–Crippen LogP) is 3.34. The minimum Gasteiger partial charge on any atom is -0.372 e. The second-order valence-electron chi connectivity index (χ2n) is 4.22. The first-order valence-electron chi connectivity index (χ1n) is 5.87. The maximum atomic E-state index is 11.9. The van der Waals surface area contributed by atoms with Crippen LogP contribution in [0.3, 0.4) is 0 Å². The molecule has 1 rings (SSSR count). The molecule has 0 bridgehead atoms. The number of nitrogens with two attached hydrogens (primary N) is 1. The third-order valence-electron chi connectivity index (χ3n) is 2.62. The van der Waals surface area contributed by atoms with Crippen molar-refractivity contribution in [2.75, 3.05) is 13.2 Å². The molecule has 0 fully saturated rings. The van der Waals surface area contributed by atoms with Crippen LogP contribution in [0.25, 0.3) is 0 Å². The van der Waals surface area contributed by atoms with Crippen LogP contribution in [0.1, 0.15) is 12.0 Å². The molecule has 0 spiro atoms. The first-order chi connectivity index (χ1) is 9.33. The van der Waals surface area contributed by atoms with Gasteiger partial charge in [0.05, 0.1) is 0 Å². The van der Waals surface area contributed by atoms with Crippen LogP contribution in [0.4, 0.5) is 13.2 Å². The fraction of sp³-hybridized carbons (Fsp3) is 0.500. The van der Waals surface area contributed by atoms with Gasteiger partial charge in [0.1, 0.15) is 6.61 Å². The Morgan fingerprint density at radius 3 is 2.35 bits per heavy atom. The van der Waals surface area contributed by atoms with Crippen molar-refractivity contribution < 1.29 is 17.9 Å². The van der Waals surface area contributed by atoms with Crippen LogP contribution in [0, 0.1) is 0 Å². The van der Waals surface area contributed by atoms with E-state index in [4.69, 9.17) is 29.0 Å². The van der Waals surface area contributed by atoms with E-state index in [1.165, 1.54) is 0 Å². The lowest BCUT2D eigenvalue weighted by atomic mass is 10.0. The van der Waals surface area contributed by atoms with Gasteiger partial charge < -0.3 is 4.74 Å². The summed E-state index contributed by atoms with van der Waals surface area (Å²) in [5.41, 5.74) is 3.23. The Morgan fingerprint density at radius 1 is 1.25 bits per heavy atom. The predicted molar refractivity (Wildman–Crippen MR) is 72.8 cm³/mol. The first kappa shape index (κ1) is 17.5. The van der Waals surface area contributed by atoms with E-state index >= 15 is 0 Å². The number of hydrogen-bond acceptors (Lipinski definition) is 3. The number of hydrogen-bond donors (Lipinski definition) is 2. The van der Waals surface area contributed by atoms with E-state index in [0.29, 0.717) is 28.5 Å². The maximum Gasteiger partial charge on any atom is 0.411 e. The third kappa shape index (κ3) is 6.28. The molecule has 1 aromatic carbocycles. The van der Waals surface area contributed by atoms with E-state index in [1.54, 1.807) is 18.2 Å². The molecule has 1 unspecified atom stereocenters. The molecule has 3 N–H and O–H groups in total. The number of ether oxygens (including phenoxy) is 1. The van der Waals surface area contributed by atoms with Crippen LogP contribution in [0.15, 0.2) is 18.2 Å². The Labute approximate surface area is 125 Å². The van der Waals surface area contributed by atoms with Crippen LogP contribution in [0.2, 0.25) is 10.0 Å². The number of alkyl halides is 3. The summed E-state index contributed by atoms with van der Waals surface area (Å²) in [4.78, 5) is 0. The van der Waals surface area contributed by atoms with Crippen molar-refractivity contribution in [3.63, 3.8) is 0 Å². The largest absolute Gasteiger partial charge is 0.411 e. The highest BCUT2D eigenvalue weighted by molar-refractivity contribution is 6.35. The van der Waals surface area contributed by atoms with Crippen molar-refractivity contribution in [1.82, 2.24) is 5.43 Å². The van der Waals surface area contributed by atoms with Crippen molar-refractivity contribution in [3.8, 4) is 0 Å². The van der Waals surface area contributed by atoms with Gasteiger partial charge in [-0.2, -0.15) is 13.2 Å². The zero-order chi connectivity index (χ0) is 15.2. The normalized spacial score (nSPS) is 13.5. The molecule has 0 saturated carbocycles. The number of benzene rings is 1. The average molecular weight is 331 g/mol. The molecule has 0 aliphatic carbocycles. The van der Waals surface area contributed by atoms with Crippen LogP contribution in [-0.2, 0) is 11.2 Å². The van der Waals surface area contributed by atoms with Gasteiger partial charge in [-0.25, -0.2) is 0 Å². The third-order valence-corrected chi connectivity index (χ3v) is 3.33. The zero-order valence-corrected chi connectivity index (χ0v) is 12.0. The minimum atomic E-state index is -4.32. The molecule has 0 aromatic heterocycles. The lowest BCUT2D eigenvalue weighted by molar-refractivity contribution is -0.174. The lowest BCUT2D eigenvalue weighted by Crippen LogP contribution is -2.38. The van der Waals surface area contributed by atoms with E-state index in [2.05, 4.69) is 10.2 Å². The molecule has 0 aliphatic heterocycles. The quantitative estimate of drug-likeness (QED) is 0.458. The van der Waals surface area contributed by atoms with Crippen molar-refractivity contribution in [2.45, 2.75) is 25.1 Å². The van der Waals surface area contributed by atoms with Crippen LogP contribution >= 0.6 is 23.2 Å². The summed E-state index contributed by atoms with van der Waals surface area (Å²) in [7, 11) is 0. The highest BCUT2D eigenvalue weighted by Gasteiger charge is 2.27. The highest BCUT2D eigenvalue weighted by atomic mass is 35.5. The molecule has 0 aliphatic rings. The molecule has 114 valence electrons. The lowest BCUT2D eigenvalue weighted by Gasteiger charge is -2.18. The van der Waals surface area contributed by atoms with E-state index in [1.807, 2.05) is 0 Å². The molecule has 0 radical (unpaired) electrons. The van der Waals surface area contributed by atoms with Crippen LogP contribution in [0.5, 0.6) is 0 Å². The van der Waals surface area contributed by atoms with E-state index in [0.717, 1.165) is 0 Å². The SMILES string of the molecule is NNC(CCOCC(F)(F)F)Cc1c(Cl)cccc1Cl. The van der Waals surface area contributed by atoms with Gasteiger partial charge >= 0.3 is 6.18 Å². The molecule has 1 aromatic rings. The minimum absolute atomic E-state index is 0.0591. The van der Waals surface area contributed by atoms with Crippen molar-refractivity contribution >= 4 is 23.2 Å². The van der Waals surface area contributed by atoms with Gasteiger partial charge in [0.25, 0.3) is 0 Å². The fourth-order valence-corrected chi connectivity index (χ4v) is 2.18. The monoisotopic (exact) mass is 330 g/mol. The molecule has 1 atom stereocenters. The summed E-state index contributed by atoms with van der Waals surface area (Å²) in [6.07, 6.45) is -3.60. The Kier molecular flexibility index (Phi) is 7.05. The Balaban J connectivity index is 2.47. The van der Waals surface area contributed by atoms with Gasteiger partial charge in [-0.05, 0) is 30.5 Å². The number of hydrazine groups is 1. The van der Waals surface area contributed by atoms with Crippen molar-refractivity contribution in [2.24, 2.45) is 5.84 Å². The summed E-state index contributed by atoms with van der Waals surface area (Å²) in [5, 5.41) is 0.989. The second-order valence-corrected chi connectivity index (χ2v) is 5.04. The van der Waals surface area contributed by atoms with Gasteiger partial charge in [0.2, 0.25) is 0 Å². The molecule has 20 heavy (non-hydrogen) atoms. The molecular formula is C12H15Cl2F3N2O. The maximum absolute atomic E-state index is 11.9. The summed E-state index contributed by atoms with van der Waals surface area (Å²) in [6.45, 7) is -1.33. The van der Waals surface area contributed by atoms with Gasteiger partial charge in [-0.3, -0.25) is 11.3 Å². The van der Waals surface area contributed by atoms with Gasteiger partial charge in [0.15, 0.2) is 0 Å². The smallest absolute Gasteiger partial charge is 0.372 e. The Morgan fingerprint density at radius 2 is 1.85 bits per heavy atom. The highest BCUT2D eigenvalue weighted by Crippen LogP contribution is 2.26. The molecule has 0 saturated heterocycles.